The molecule has 0 N–H and O–H groups in total. The molecule has 2 heterocycles. The van der Waals surface area contributed by atoms with E-state index in [-0.39, 0.29) is 24.4 Å². The SMILES string of the molecule is C[Si](C)(C)O[C@H]1COC2C1OC[C@H]2O[Si](C)(C)C. The van der Waals surface area contributed by atoms with Gasteiger partial charge in [0.05, 0.1) is 25.4 Å². The van der Waals surface area contributed by atoms with Crippen LogP contribution in [0.3, 0.4) is 0 Å². The van der Waals surface area contributed by atoms with E-state index in [1.54, 1.807) is 0 Å². The summed E-state index contributed by atoms with van der Waals surface area (Å²) >= 11 is 0. The molecule has 2 aliphatic rings. The van der Waals surface area contributed by atoms with Crippen molar-refractivity contribution in [3.8, 4) is 0 Å². The molecule has 0 aliphatic carbocycles. The monoisotopic (exact) mass is 290 g/mol. The quantitative estimate of drug-likeness (QED) is 0.744. The van der Waals surface area contributed by atoms with Crippen molar-refractivity contribution >= 4 is 16.6 Å². The molecule has 0 radical (unpaired) electrons. The van der Waals surface area contributed by atoms with Crippen molar-refractivity contribution in [3.63, 3.8) is 0 Å². The molecule has 2 aliphatic heterocycles. The van der Waals surface area contributed by atoms with Crippen LogP contribution in [-0.4, -0.2) is 54.3 Å². The minimum absolute atomic E-state index is 0.0677. The highest BCUT2D eigenvalue weighted by atomic mass is 28.4. The van der Waals surface area contributed by atoms with Crippen LogP contribution in [-0.2, 0) is 18.3 Å². The Bertz CT molecular complexity index is 267. The maximum atomic E-state index is 6.14. The smallest absolute Gasteiger partial charge is 0.184 e. The average Bonchev–Trinajstić information content (AvgIpc) is 2.66. The zero-order valence-corrected chi connectivity index (χ0v) is 14.4. The molecule has 18 heavy (non-hydrogen) atoms. The van der Waals surface area contributed by atoms with Gasteiger partial charge in [0.25, 0.3) is 0 Å². The van der Waals surface area contributed by atoms with Gasteiger partial charge >= 0.3 is 0 Å². The van der Waals surface area contributed by atoms with E-state index in [1.165, 1.54) is 0 Å². The van der Waals surface area contributed by atoms with Crippen molar-refractivity contribution < 1.29 is 18.3 Å². The third-order valence-corrected chi connectivity index (χ3v) is 4.99. The first kappa shape index (κ1) is 14.7. The fraction of sp³-hybridized carbons (Fsp3) is 1.00. The van der Waals surface area contributed by atoms with Crippen molar-refractivity contribution in [1.29, 1.82) is 0 Å². The summed E-state index contributed by atoms with van der Waals surface area (Å²) in [6.07, 6.45) is 0.324. The molecule has 0 amide bonds. The van der Waals surface area contributed by atoms with Gasteiger partial charge in [0.15, 0.2) is 16.6 Å². The minimum atomic E-state index is -1.54. The fourth-order valence-electron chi connectivity index (χ4n) is 2.54. The standard InChI is InChI=1S/C12H26O4Si2/c1-17(2,3)15-9-7-13-12-10(8-14-11(9)12)16-18(4,5)6/h9-12H,7-8H2,1-6H3/t9-,10+,11?,12?. The van der Waals surface area contributed by atoms with E-state index < -0.39 is 16.6 Å². The zero-order chi connectivity index (χ0) is 13.6. The van der Waals surface area contributed by atoms with Crippen LogP contribution in [0.2, 0.25) is 39.3 Å². The van der Waals surface area contributed by atoms with Crippen LogP contribution < -0.4 is 0 Å². The van der Waals surface area contributed by atoms with Gasteiger partial charge in [-0.2, -0.15) is 0 Å². The lowest BCUT2D eigenvalue weighted by Crippen LogP contribution is -2.42. The summed E-state index contributed by atoms with van der Waals surface area (Å²) in [6, 6.07) is 0. The lowest BCUT2D eigenvalue weighted by molar-refractivity contribution is 0.0135. The number of rotatable bonds is 4. The van der Waals surface area contributed by atoms with Crippen LogP contribution in [0, 0.1) is 0 Å². The summed E-state index contributed by atoms with van der Waals surface area (Å²) in [5.74, 6) is 0. The van der Waals surface area contributed by atoms with E-state index in [4.69, 9.17) is 18.3 Å². The summed E-state index contributed by atoms with van der Waals surface area (Å²) in [5.41, 5.74) is 0. The molecule has 2 fully saturated rings. The van der Waals surface area contributed by atoms with Crippen molar-refractivity contribution in [2.24, 2.45) is 0 Å². The van der Waals surface area contributed by atoms with Gasteiger partial charge in [0.1, 0.15) is 12.2 Å². The first-order chi connectivity index (χ1) is 8.16. The van der Waals surface area contributed by atoms with Crippen LogP contribution in [0.4, 0.5) is 0 Å². The van der Waals surface area contributed by atoms with Gasteiger partial charge in [-0.15, -0.1) is 0 Å². The predicted molar refractivity (Wildman–Crippen MR) is 75.9 cm³/mol. The van der Waals surface area contributed by atoms with E-state index in [0.29, 0.717) is 13.2 Å². The van der Waals surface area contributed by atoms with Gasteiger partial charge in [-0.25, -0.2) is 0 Å². The summed E-state index contributed by atoms with van der Waals surface area (Å²) in [6.45, 7) is 14.5. The van der Waals surface area contributed by atoms with Crippen LogP contribution in [0.25, 0.3) is 0 Å². The van der Waals surface area contributed by atoms with Crippen molar-refractivity contribution in [3.05, 3.63) is 0 Å². The number of ether oxygens (including phenoxy) is 2. The highest BCUT2D eigenvalue weighted by molar-refractivity contribution is 6.70. The molecular weight excluding hydrogens is 264 g/mol. The fourth-order valence-corrected chi connectivity index (χ4v) is 4.76. The van der Waals surface area contributed by atoms with Gasteiger partial charge in [-0.3, -0.25) is 0 Å². The topological polar surface area (TPSA) is 36.9 Å². The minimum Gasteiger partial charge on any atom is -0.410 e. The van der Waals surface area contributed by atoms with Gasteiger partial charge in [-0.1, -0.05) is 0 Å². The third kappa shape index (κ3) is 3.64. The number of hydrogen-bond donors (Lipinski definition) is 0. The normalized spacial score (nSPS) is 37.0. The maximum Gasteiger partial charge on any atom is 0.184 e. The predicted octanol–water partition coefficient (Wildman–Crippen LogP) is 2.22. The molecule has 0 aromatic rings. The Hall–Kier alpha value is 0.274. The largest absolute Gasteiger partial charge is 0.410 e. The van der Waals surface area contributed by atoms with Crippen LogP contribution >= 0.6 is 0 Å². The molecule has 4 atom stereocenters. The lowest BCUT2D eigenvalue weighted by atomic mass is 10.1. The van der Waals surface area contributed by atoms with E-state index in [1.807, 2.05) is 0 Å². The highest BCUT2D eigenvalue weighted by Crippen LogP contribution is 2.33. The van der Waals surface area contributed by atoms with Gasteiger partial charge in [0.2, 0.25) is 0 Å². The van der Waals surface area contributed by atoms with E-state index in [9.17, 15) is 0 Å². The highest BCUT2D eigenvalue weighted by Gasteiger charge is 2.50. The van der Waals surface area contributed by atoms with E-state index in [0.717, 1.165) is 0 Å². The molecule has 2 rings (SSSR count). The second-order valence-corrected chi connectivity index (χ2v) is 16.1. The average molecular weight is 291 g/mol. The second-order valence-electron chi connectivity index (χ2n) is 7.13. The third-order valence-electron chi connectivity index (χ3n) is 2.97. The molecule has 0 bridgehead atoms. The lowest BCUT2D eigenvalue weighted by Gasteiger charge is -2.26. The van der Waals surface area contributed by atoms with Crippen molar-refractivity contribution in [2.75, 3.05) is 13.2 Å². The molecule has 4 nitrogen and oxygen atoms in total. The zero-order valence-electron chi connectivity index (χ0n) is 12.4. The Balaban J connectivity index is 1.95. The Labute approximate surface area is 112 Å². The first-order valence-corrected chi connectivity index (χ1v) is 13.6. The molecule has 0 saturated carbocycles. The Morgan fingerprint density at radius 3 is 1.33 bits per heavy atom. The first-order valence-electron chi connectivity index (χ1n) is 6.74. The molecule has 6 heteroatoms. The molecule has 0 aromatic carbocycles. The maximum absolute atomic E-state index is 6.14. The summed E-state index contributed by atoms with van der Waals surface area (Å²) < 4.78 is 24.0. The molecular formula is C12H26O4Si2. The van der Waals surface area contributed by atoms with Crippen LogP contribution in [0.5, 0.6) is 0 Å². The summed E-state index contributed by atoms with van der Waals surface area (Å²) in [7, 11) is -3.09. The molecule has 0 aromatic heterocycles. The Morgan fingerprint density at radius 1 is 0.722 bits per heavy atom. The Kier molecular flexibility index (Phi) is 4.07. The summed E-state index contributed by atoms with van der Waals surface area (Å²) in [5, 5.41) is 0. The molecule has 2 saturated heterocycles. The molecule has 0 spiro atoms. The van der Waals surface area contributed by atoms with E-state index >= 15 is 0 Å². The number of fused-ring (bicyclic) bond motifs is 1. The van der Waals surface area contributed by atoms with Crippen molar-refractivity contribution in [2.45, 2.75) is 63.7 Å². The van der Waals surface area contributed by atoms with Crippen molar-refractivity contribution in [1.82, 2.24) is 0 Å². The van der Waals surface area contributed by atoms with Crippen LogP contribution in [0.15, 0.2) is 0 Å². The molecule has 106 valence electrons. The van der Waals surface area contributed by atoms with Gasteiger partial charge in [-0.05, 0) is 39.3 Å². The van der Waals surface area contributed by atoms with Gasteiger partial charge < -0.3 is 18.3 Å². The van der Waals surface area contributed by atoms with E-state index in [2.05, 4.69) is 39.3 Å². The molecule has 2 unspecified atom stereocenters. The Morgan fingerprint density at radius 2 is 1.06 bits per heavy atom. The summed E-state index contributed by atoms with van der Waals surface area (Å²) in [4.78, 5) is 0. The van der Waals surface area contributed by atoms with Gasteiger partial charge in [0, 0.05) is 0 Å². The second kappa shape index (κ2) is 4.99. The number of hydrogen-bond acceptors (Lipinski definition) is 4. The van der Waals surface area contributed by atoms with Crippen LogP contribution in [0.1, 0.15) is 0 Å².